The van der Waals surface area contributed by atoms with Crippen molar-refractivity contribution in [2.24, 2.45) is 0 Å². The second-order valence-electron chi connectivity index (χ2n) is 14.7. The molecular weight excluding hydrogens is 665 g/mol. The number of carbonyl (C=O) groups is 3. The zero-order valence-electron chi connectivity index (χ0n) is 31.7. The largest absolute Gasteiger partial charge is 0.341 e. The van der Waals surface area contributed by atoms with E-state index in [1.807, 2.05) is 113 Å². The van der Waals surface area contributed by atoms with E-state index in [1.165, 1.54) is 0 Å². The Kier molecular flexibility index (Phi) is 8.89. The van der Waals surface area contributed by atoms with Gasteiger partial charge in [-0.2, -0.15) is 0 Å². The highest BCUT2D eigenvalue weighted by molar-refractivity contribution is 6.16. The summed E-state index contributed by atoms with van der Waals surface area (Å²) < 4.78 is 4.54. The third-order valence-corrected chi connectivity index (χ3v) is 11.3. The van der Waals surface area contributed by atoms with E-state index in [-0.39, 0.29) is 29.2 Å². The molecular formula is C49H44N2O3. The average Bonchev–Trinajstić information content (AvgIpc) is 3.69. The standard InChI is InChI=1S/C49H44N2O3/c1-7-50-43-19-15-33(25-39(43)41-27-37(17-21-45(41)50)48(53)35-13-9-11-29(3)23-35)31(5)47(52)32(6)34-16-20-44-40(26-34)42-28-38(18-22-46(42)51(44)8-2)49(54)36-14-10-12-30(4)24-36/h9-28,31-32H,7-8H2,1-6H3. The van der Waals surface area contributed by atoms with Gasteiger partial charge in [-0.1, -0.05) is 73.5 Å². The lowest BCUT2D eigenvalue weighted by Gasteiger charge is -2.18. The molecule has 0 aliphatic carbocycles. The van der Waals surface area contributed by atoms with Crippen LogP contribution >= 0.6 is 0 Å². The summed E-state index contributed by atoms with van der Waals surface area (Å²) >= 11 is 0. The third kappa shape index (κ3) is 5.85. The molecule has 0 aliphatic rings. The van der Waals surface area contributed by atoms with Crippen LogP contribution in [0.2, 0.25) is 0 Å². The van der Waals surface area contributed by atoms with Crippen molar-refractivity contribution in [3.05, 3.63) is 166 Å². The highest BCUT2D eigenvalue weighted by Crippen LogP contribution is 2.37. The lowest BCUT2D eigenvalue weighted by molar-refractivity contribution is -0.121. The fourth-order valence-corrected chi connectivity index (χ4v) is 8.36. The van der Waals surface area contributed by atoms with Crippen molar-refractivity contribution >= 4 is 61.0 Å². The van der Waals surface area contributed by atoms with Gasteiger partial charge in [0.1, 0.15) is 5.78 Å². The Balaban J connectivity index is 1.14. The zero-order valence-corrected chi connectivity index (χ0v) is 31.7. The smallest absolute Gasteiger partial charge is 0.193 e. The number of benzene rings is 6. The molecule has 2 heterocycles. The van der Waals surface area contributed by atoms with Crippen molar-refractivity contribution in [2.45, 2.75) is 66.5 Å². The molecule has 0 amide bonds. The van der Waals surface area contributed by atoms with E-state index in [0.29, 0.717) is 22.3 Å². The van der Waals surface area contributed by atoms with Crippen LogP contribution in [0.5, 0.6) is 0 Å². The summed E-state index contributed by atoms with van der Waals surface area (Å²) in [7, 11) is 0. The zero-order chi connectivity index (χ0) is 37.8. The van der Waals surface area contributed by atoms with Gasteiger partial charge in [0.05, 0.1) is 0 Å². The Labute approximate surface area is 315 Å². The van der Waals surface area contributed by atoms with Crippen LogP contribution in [0.15, 0.2) is 121 Å². The van der Waals surface area contributed by atoms with Gasteiger partial charge in [-0.25, -0.2) is 0 Å². The summed E-state index contributed by atoms with van der Waals surface area (Å²) in [5.41, 5.74) is 11.0. The number of rotatable bonds is 10. The fraction of sp³-hybridized carbons (Fsp3) is 0.204. The van der Waals surface area contributed by atoms with E-state index in [2.05, 4.69) is 59.4 Å². The van der Waals surface area contributed by atoms with Crippen molar-refractivity contribution in [2.75, 3.05) is 0 Å². The highest BCUT2D eigenvalue weighted by atomic mass is 16.1. The Bertz CT molecular complexity index is 2620. The molecule has 8 rings (SSSR count). The maximum absolute atomic E-state index is 14.3. The van der Waals surface area contributed by atoms with Crippen LogP contribution < -0.4 is 0 Å². The molecule has 0 radical (unpaired) electrons. The van der Waals surface area contributed by atoms with Gasteiger partial charge in [0.15, 0.2) is 11.6 Å². The molecule has 0 aliphatic heterocycles. The lowest BCUT2D eigenvalue weighted by atomic mass is 9.85. The topological polar surface area (TPSA) is 61.1 Å². The summed E-state index contributed by atoms with van der Waals surface area (Å²) in [5, 5.41) is 4.11. The van der Waals surface area contributed by atoms with Crippen molar-refractivity contribution in [1.82, 2.24) is 9.13 Å². The van der Waals surface area contributed by atoms with E-state index in [4.69, 9.17) is 0 Å². The Morgan fingerprint density at radius 1 is 0.463 bits per heavy atom. The number of hydrogen-bond acceptors (Lipinski definition) is 3. The summed E-state index contributed by atoms with van der Waals surface area (Å²) in [6, 6.07) is 40.0. The molecule has 2 aromatic heterocycles. The fourth-order valence-electron chi connectivity index (χ4n) is 8.36. The number of carbonyl (C=O) groups excluding carboxylic acids is 3. The van der Waals surface area contributed by atoms with Crippen LogP contribution in [-0.2, 0) is 17.9 Å². The maximum atomic E-state index is 14.3. The summed E-state index contributed by atoms with van der Waals surface area (Å²) in [6.07, 6.45) is 0. The van der Waals surface area contributed by atoms with E-state index in [9.17, 15) is 14.4 Å². The number of ketones is 3. The number of hydrogen-bond donors (Lipinski definition) is 0. The van der Waals surface area contributed by atoms with Gasteiger partial charge in [-0.3, -0.25) is 14.4 Å². The second kappa shape index (κ2) is 13.7. The minimum absolute atomic E-state index is 0.000322. The molecule has 8 aromatic rings. The molecule has 268 valence electrons. The van der Waals surface area contributed by atoms with Gasteiger partial charge >= 0.3 is 0 Å². The van der Waals surface area contributed by atoms with Crippen LogP contribution in [0.4, 0.5) is 0 Å². The highest BCUT2D eigenvalue weighted by Gasteiger charge is 2.25. The first-order valence-corrected chi connectivity index (χ1v) is 19.0. The van der Waals surface area contributed by atoms with E-state index in [1.54, 1.807) is 0 Å². The number of aromatic nitrogens is 2. The summed E-state index contributed by atoms with van der Waals surface area (Å²) in [5.74, 6) is -0.572. The van der Waals surface area contributed by atoms with Crippen LogP contribution in [0.1, 0.15) is 93.6 Å². The van der Waals surface area contributed by atoms with E-state index < -0.39 is 0 Å². The number of Topliss-reactive ketones (excluding diaryl/α,β-unsaturated/α-hetero) is 1. The van der Waals surface area contributed by atoms with Crippen LogP contribution in [-0.4, -0.2) is 26.5 Å². The van der Waals surface area contributed by atoms with Crippen LogP contribution in [0.25, 0.3) is 43.6 Å². The van der Waals surface area contributed by atoms with Gasteiger partial charge < -0.3 is 9.13 Å². The van der Waals surface area contributed by atoms with Gasteiger partial charge in [0.25, 0.3) is 0 Å². The molecule has 5 nitrogen and oxygen atoms in total. The maximum Gasteiger partial charge on any atom is 0.193 e. The molecule has 0 saturated carbocycles. The average molecular weight is 709 g/mol. The van der Waals surface area contributed by atoms with Gasteiger partial charge in [0, 0.05) is 90.8 Å². The lowest BCUT2D eigenvalue weighted by Crippen LogP contribution is -2.16. The molecule has 2 atom stereocenters. The van der Waals surface area contributed by atoms with Gasteiger partial charge in [-0.05, 0) is 112 Å². The molecule has 0 saturated heterocycles. The van der Waals surface area contributed by atoms with Crippen molar-refractivity contribution in [1.29, 1.82) is 0 Å². The quantitative estimate of drug-likeness (QED) is 0.133. The molecule has 5 heteroatoms. The molecule has 0 N–H and O–H groups in total. The SMILES string of the molecule is CCn1c2ccc(C(=O)c3cccc(C)c3)cc2c2cc(C(C)C(=O)C(C)c3ccc4c(c3)c3cc(C(=O)c5cccc(C)c5)ccc3n4CC)ccc21. The molecule has 54 heavy (non-hydrogen) atoms. The van der Waals surface area contributed by atoms with E-state index in [0.717, 1.165) is 79.0 Å². The molecule has 0 bridgehead atoms. The van der Waals surface area contributed by atoms with Crippen molar-refractivity contribution < 1.29 is 14.4 Å². The molecule has 0 spiro atoms. The minimum Gasteiger partial charge on any atom is -0.341 e. The monoisotopic (exact) mass is 708 g/mol. The molecule has 6 aromatic carbocycles. The molecule has 2 unspecified atom stereocenters. The predicted molar refractivity (Wildman–Crippen MR) is 221 cm³/mol. The Morgan fingerprint density at radius 2 is 0.815 bits per heavy atom. The summed E-state index contributed by atoms with van der Waals surface area (Å²) in [4.78, 5) is 41.4. The molecule has 0 fully saturated rings. The normalized spacial score (nSPS) is 12.9. The number of aryl methyl sites for hydroxylation is 4. The third-order valence-electron chi connectivity index (χ3n) is 11.3. The first-order valence-electron chi connectivity index (χ1n) is 19.0. The van der Waals surface area contributed by atoms with Gasteiger partial charge in [-0.15, -0.1) is 0 Å². The van der Waals surface area contributed by atoms with Crippen LogP contribution in [0, 0.1) is 13.8 Å². The number of nitrogens with zero attached hydrogens (tertiary/aromatic N) is 2. The Hall–Kier alpha value is -6.07. The number of fused-ring (bicyclic) bond motifs is 6. The van der Waals surface area contributed by atoms with Crippen molar-refractivity contribution in [3.63, 3.8) is 0 Å². The van der Waals surface area contributed by atoms with Crippen LogP contribution in [0.3, 0.4) is 0 Å². The minimum atomic E-state index is -0.354. The summed E-state index contributed by atoms with van der Waals surface area (Å²) in [6.45, 7) is 13.8. The second-order valence-corrected chi connectivity index (χ2v) is 14.7. The first-order chi connectivity index (χ1) is 26.1. The predicted octanol–water partition coefficient (Wildman–Crippen LogP) is 11.5. The van der Waals surface area contributed by atoms with E-state index >= 15 is 0 Å². The Morgan fingerprint density at radius 3 is 1.19 bits per heavy atom. The van der Waals surface area contributed by atoms with Crippen molar-refractivity contribution in [3.8, 4) is 0 Å². The first kappa shape index (κ1) is 35.0. The van der Waals surface area contributed by atoms with Gasteiger partial charge in [0.2, 0.25) is 0 Å².